The fraction of sp³-hybridized carbons (Fsp3) is 0.200. The van der Waals surface area contributed by atoms with E-state index in [1.54, 1.807) is 24.3 Å². The summed E-state index contributed by atoms with van der Waals surface area (Å²) in [4.78, 5) is 20.2. The van der Waals surface area contributed by atoms with E-state index in [0.717, 1.165) is 0 Å². The summed E-state index contributed by atoms with van der Waals surface area (Å²) in [5.41, 5.74) is 7.07. The highest BCUT2D eigenvalue weighted by molar-refractivity contribution is 7.92. The zero-order valence-electron chi connectivity index (χ0n) is 16.3. The van der Waals surface area contributed by atoms with Crippen molar-refractivity contribution in [2.24, 2.45) is 0 Å². The van der Waals surface area contributed by atoms with Gasteiger partial charge in [0.2, 0.25) is 5.95 Å². The normalized spacial score (nSPS) is 15.7. The lowest BCUT2D eigenvalue weighted by Gasteiger charge is -2.14. The van der Waals surface area contributed by atoms with Crippen molar-refractivity contribution in [1.29, 1.82) is 0 Å². The SMILES string of the molecule is Nc1ncc(-c2ccc(-c3cccnc3S(=O)(=O)C3CCNC3)cc2F)cn1.O=CO. The predicted molar refractivity (Wildman–Crippen MR) is 112 cm³/mol. The second kappa shape index (κ2) is 9.58. The maximum atomic E-state index is 14.8. The number of rotatable bonds is 4. The van der Waals surface area contributed by atoms with Crippen LogP contribution in [0.1, 0.15) is 6.42 Å². The van der Waals surface area contributed by atoms with Crippen molar-refractivity contribution >= 4 is 22.3 Å². The number of carbonyl (C=O) groups is 1. The number of halogens is 1. The highest BCUT2D eigenvalue weighted by Crippen LogP contribution is 2.32. The summed E-state index contributed by atoms with van der Waals surface area (Å²) in [7, 11) is -3.63. The van der Waals surface area contributed by atoms with Gasteiger partial charge in [0.05, 0.1) is 5.25 Å². The minimum absolute atomic E-state index is 0.0216. The number of hydrogen-bond acceptors (Lipinski definition) is 8. The highest BCUT2D eigenvalue weighted by atomic mass is 32.2. The maximum absolute atomic E-state index is 14.8. The number of nitrogens with one attached hydrogen (secondary N) is 1. The smallest absolute Gasteiger partial charge is 0.290 e. The lowest BCUT2D eigenvalue weighted by Crippen LogP contribution is -2.25. The van der Waals surface area contributed by atoms with Gasteiger partial charge in [-0.2, -0.15) is 0 Å². The van der Waals surface area contributed by atoms with E-state index in [0.29, 0.717) is 41.8 Å². The molecule has 0 amide bonds. The summed E-state index contributed by atoms with van der Waals surface area (Å²) in [6.45, 7) is 0.793. The topological polar surface area (TPSA) is 148 Å². The van der Waals surface area contributed by atoms with E-state index in [4.69, 9.17) is 15.6 Å². The molecule has 3 heterocycles. The minimum Gasteiger partial charge on any atom is -0.483 e. The second-order valence-corrected chi connectivity index (χ2v) is 8.79. The quantitative estimate of drug-likeness (QED) is 0.511. The first-order chi connectivity index (χ1) is 14.9. The number of nitrogens with zero attached hydrogens (tertiary/aromatic N) is 3. The van der Waals surface area contributed by atoms with Crippen LogP contribution in [0.2, 0.25) is 0 Å². The third kappa shape index (κ3) is 4.84. The van der Waals surface area contributed by atoms with Gasteiger partial charge >= 0.3 is 0 Å². The van der Waals surface area contributed by atoms with Crippen LogP contribution in [0, 0.1) is 5.82 Å². The van der Waals surface area contributed by atoms with Gasteiger partial charge in [-0.15, -0.1) is 0 Å². The van der Waals surface area contributed by atoms with Crippen molar-refractivity contribution in [3.05, 3.63) is 54.7 Å². The Morgan fingerprint density at radius 3 is 2.45 bits per heavy atom. The molecule has 0 aliphatic carbocycles. The van der Waals surface area contributed by atoms with Gasteiger partial charge < -0.3 is 16.2 Å². The van der Waals surface area contributed by atoms with Crippen molar-refractivity contribution in [3.63, 3.8) is 0 Å². The summed E-state index contributed by atoms with van der Waals surface area (Å²) < 4.78 is 40.8. The van der Waals surface area contributed by atoms with Crippen molar-refractivity contribution in [1.82, 2.24) is 20.3 Å². The van der Waals surface area contributed by atoms with Gasteiger partial charge in [0.1, 0.15) is 5.82 Å². The number of pyridine rings is 1. The van der Waals surface area contributed by atoms with Crippen LogP contribution in [0.15, 0.2) is 53.9 Å². The van der Waals surface area contributed by atoms with Gasteiger partial charge in [-0.1, -0.05) is 12.1 Å². The van der Waals surface area contributed by atoms with E-state index in [-0.39, 0.29) is 17.4 Å². The Labute approximate surface area is 178 Å². The minimum atomic E-state index is -3.63. The lowest BCUT2D eigenvalue weighted by atomic mass is 10.0. The molecule has 4 N–H and O–H groups in total. The Morgan fingerprint density at radius 1 is 1.13 bits per heavy atom. The Hall–Kier alpha value is -3.44. The van der Waals surface area contributed by atoms with Crippen LogP contribution < -0.4 is 11.1 Å². The third-order valence-electron chi connectivity index (χ3n) is 4.76. The molecule has 3 aromatic rings. The fourth-order valence-corrected chi connectivity index (χ4v) is 5.06. The Bertz CT molecular complexity index is 1170. The number of hydrogen-bond donors (Lipinski definition) is 3. The molecule has 0 bridgehead atoms. The van der Waals surface area contributed by atoms with Crippen LogP contribution in [-0.2, 0) is 14.6 Å². The molecule has 31 heavy (non-hydrogen) atoms. The second-order valence-electron chi connectivity index (χ2n) is 6.65. The molecule has 1 fully saturated rings. The third-order valence-corrected chi connectivity index (χ3v) is 6.90. The molecule has 4 rings (SSSR count). The standard InChI is InChI=1S/C19H18FN5O2S.CH2O2/c20-17-8-12(3-4-15(17)13-9-24-19(21)25-10-13)16-2-1-6-23-18(16)28(26,27)14-5-7-22-11-14;2-1-3/h1-4,6,8-10,14,22H,5,7,11H2,(H2,21,24,25);1H,(H,2,3). The zero-order chi connectivity index (χ0) is 22.4. The molecule has 11 heteroatoms. The molecule has 2 aromatic heterocycles. The van der Waals surface area contributed by atoms with Crippen molar-refractivity contribution in [2.45, 2.75) is 16.7 Å². The van der Waals surface area contributed by atoms with E-state index in [2.05, 4.69) is 20.3 Å². The van der Waals surface area contributed by atoms with E-state index >= 15 is 0 Å². The van der Waals surface area contributed by atoms with Crippen LogP contribution in [0.25, 0.3) is 22.3 Å². The average Bonchev–Trinajstić information content (AvgIpc) is 3.31. The molecular formula is C20H20FN5O4S. The van der Waals surface area contributed by atoms with Gasteiger partial charge in [-0.25, -0.2) is 27.8 Å². The monoisotopic (exact) mass is 445 g/mol. The first kappa shape index (κ1) is 22.2. The summed E-state index contributed by atoms with van der Waals surface area (Å²) >= 11 is 0. The fourth-order valence-electron chi connectivity index (χ4n) is 3.28. The summed E-state index contributed by atoms with van der Waals surface area (Å²) in [6.07, 6.45) is 4.85. The molecule has 0 saturated carbocycles. The van der Waals surface area contributed by atoms with Crippen LogP contribution in [-0.4, -0.2) is 53.3 Å². The van der Waals surface area contributed by atoms with Crippen molar-refractivity contribution < 1.29 is 22.7 Å². The number of nitrogens with two attached hydrogens (primary N) is 1. The average molecular weight is 445 g/mol. The molecule has 0 radical (unpaired) electrons. The first-order valence-corrected chi connectivity index (χ1v) is 10.8. The number of nitrogen functional groups attached to an aromatic ring is 1. The maximum Gasteiger partial charge on any atom is 0.290 e. The molecule has 1 aromatic carbocycles. The van der Waals surface area contributed by atoms with Gasteiger partial charge in [0.15, 0.2) is 14.9 Å². The van der Waals surface area contributed by atoms with E-state index in [1.807, 2.05) is 0 Å². The van der Waals surface area contributed by atoms with Crippen LogP contribution in [0.4, 0.5) is 10.3 Å². The number of aromatic nitrogens is 3. The number of anilines is 1. The number of carboxylic acid groups (broad SMARTS) is 1. The Kier molecular flexibility index (Phi) is 6.88. The Balaban J connectivity index is 0.000000858. The van der Waals surface area contributed by atoms with Gasteiger partial charge in [0.25, 0.3) is 6.47 Å². The zero-order valence-corrected chi connectivity index (χ0v) is 17.1. The summed E-state index contributed by atoms with van der Waals surface area (Å²) in [5.74, 6) is -0.409. The van der Waals surface area contributed by atoms with Crippen LogP contribution in [0.5, 0.6) is 0 Å². The van der Waals surface area contributed by atoms with Crippen LogP contribution >= 0.6 is 0 Å². The van der Waals surface area contributed by atoms with Crippen molar-refractivity contribution in [2.75, 3.05) is 18.8 Å². The molecule has 0 spiro atoms. The molecule has 1 aliphatic heterocycles. The summed E-state index contributed by atoms with van der Waals surface area (Å²) in [5, 5.41) is 9.40. The molecule has 1 atom stereocenters. The van der Waals surface area contributed by atoms with Gasteiger partial charge in [-0.05, 0) is 36.7 Å². The van der Waals surface area contributed by atoms with E-state index in [9.17, 15) is 12.8 Å². The number of sulfone groups is 1. The largest absolute Gasteiger partial charge is 0.483 e. The number of benzene rings is 1. The van der Waals surface area contributed by atoms with E-state index < -0.39 is 20.9 Å². The molecular weight excluding hydrogens is 425 g/mol. The first-order valence-electron chi connectivity index (χ1n) is 9.23. The van der Waals surface area contributed by atoms with Gasteiger partial charge in [-0.3, -0.25) is 4.79 Å². The van der Waals surface area contributed by atoms with E-state index in [1.165, 1.54) is 24.7 Å². The Morgan fingerprint density at radius 2 is 1.84 bits per heavy atom. The molecule has 162 valence electrons. The molecule has 1 saturated heterocycles. The summed E-state index contributed by atoms with van der Waals surface area (Å²) in [6, 6.07) is 7.82. The molecule has 1 unspecified atom stereocenters. The van der Waals surface area contributed by atoms with Crippen molar-refractivity contribution in [3.8, 4) is 22.3 Å². The predicted octanol–water partition coefficient (Wildman–Crippen LogP) is 1.76. The highest BCUT2D eigenvalue weighted by Gasteiger charge is 2.33. The van der Waals surface area contributed by atoms with Crippen LogP contribution in [0.3, 0.4) is 0 Å². The molecule has 1 aliphatic rings. The molecule has 9 nitrogen and oxygen atoms in total. The van der Waals surface area contributed by atoms with Gasteiger partial charge in [0, 0.05) is 41.8 Å². The lowest BCUT2D eigenvalue weighted by molar-refractivity contribution is -0.122.